The summed E-state index contributed by atoms with van der Waals surface area (Å²) in [7, 11) is 3.13. The van der Waals surface area contributed by atoms with Gasteiger partial charge in [0.2, 0.25) is 0 Å². The fraction of sp³-hybridized carbons (Fsp3) is 0.500. The van der Waals surface area contributed by atoms with Gasteiger partial charge >= 0.3 is 0 Å². The number of anilines is 1. The lowest BCUT2D eigenvalue weighted by molar-refractivity contribution is -0.384. The number of ether oxygens (including phenoxy) is 2. The van der Waals surface area contributed by atoms with Gasteiger partial charge in [0.1, 0.15) is 5.75 Å². The molecule has 100 valence electrons. The molecule has 0 spiro atoms. The third-order valence-corrected chi connectivity index (χ3v) is 2.51. The maximum absolute atomic E-state index is 10.8. The van der Waals surface area contributed by atoms with E-state index in [4.69, 9.17) is 9.47 Å². The van der Waals surface area contributed by atoms with E-state index in [1.165, 1.54) is 19.2 Å². The standard InChI is InChI=1S/C12H18N2O4/c1-9(4-5-17-2)13-10-6-11(14(15)16)8-12(7-10)18-3/h6-9,13H,4-5H2,1-3H3. The monoisotopic (exact) mass is 254 g/mol. The molecule has 0 aliphatic heterocycles. The van der Waals surface area contributed by atoms with Gasteiger partial charge in [-0.2, -0.15) is 0 Å². The molecule has 6 nitrogen and oxygen atoms in total. The highest BCUT2D eigenvalue weighted by molar-refractivity contribution is 5.56. The van der Waals surface area contributed by atoms with E-state index in [0.29, 0.717) is 18.0 Å². The number of non-ortho nitro benzene ring substituents is 1. The van der Waals surface area contributed by atoms with Crippen molar-refractivity contribution in [2.45, 2.75) is 19.4 Å². The van der Waals surface area contributed by atoms with E-state index >= 15 is 0 Å². The van der Waals surface area contributed by atoms with Crippen LogP contribution in [0.1, 0.15) is 13.3 Å². The summed E-state index contributed by atoms with van der Waals surface area (Å²) in [5.74, 6) is 0.464. The zero-order valence-electron chi connectivity index (χ0n) is 10.8. The number of nitro benzene ring substituents is 1. The fourth-order valence-corrected chi connectivity index (χ4v) is 1.54. The zero-order chi connectivity index (χ0) is 13.5. The van der Waals surface area contributed by atoms with Gasteiger partial charge in [-0.1, -0.05) is 0 Å². The molecule has 0 saturated carbocycles. The zero-order valence-corrected chi connectivity index (χ0v) is 10.8. The smallest absolute Gasteiger partial charge is 0.275 e. The minimum atomic E-state index is -0.437. The normalized spacial score (nSPS) is 11.9. The van der Waals surface area contributed by atoms with E-state index in [0.717, 1.165) is 6.42 Å². The summed E-state index contributed by atoms with van der Waals surface area (Å²) < 4.78 is 10.0. The number of hydrogen-bond donors (Lipinski definition) is 1. The van der Waals surface area contributed by atoms with Crippen molar-refractivity contribution in [3.63, 3.8) is 0 Å². The van der Waals surface area contributed by atoms with Crippen LogP contribution in [0.25, 0.3) is 0 Å². The molecule has 0 saturated heterocycles. The number of nitro groups is 1. The molecular formula is C12H18N2O4. The molecule has 1 atom stereocenters. The minimum absolute atomic E-state index is 0.00999. The topological polar surface area (TPSA) is 73.6 Å². The van der Waals surface area contributed by atoms with Crippen LogP contribution in [0, 0.1) is 10.1 Å². The third-order valence-electron chi connectivity index (χ3n) is 2.51. The van der Waals surface area contributed by atoms with Gasteiger partial charge in [-0.25, -0.2) is 0 Å². The first-order valence-corrected chi connectivity index (χ1v) is 5.65. The van der Waals surface area contributed by atoms with Gasteiger partial charge in [0.25, 0.3) is 5.69 Å². The summed E-state index contributed by atoms with van der Waals surface area (Å²) in [6, 6.07) is 4.78. The molecule has 6 heteroatoms. The van der Waals surface area contributed by atoms with E-state index in [-0.39, 0.29) is 11.7 Å². The predicted molar refractivity (Wildman–Crippen MR) is 69.2 cm³/mol. The van der Waals surface area contributed by atoms with E-state index in [1.54, 1.807) is 13.2 Å². The van der Waals surface area contributed by atoms with E-state index in [9.17, 15) is 10.1 Å². The fourth-order valence-electron chi connectivity index (χ4n) is 1.54. The highest BCUT2D eigenvalue weighted by atomic mass is 16.6. The molecule has 0 heterocycles. The lowest BCUT2D eigenvalue weighted by atomic mass is 10.2. The van der Waals surface area contributed by atoms with Crippen molar-refractivity contribution in [3.8, 4) is 5.75 Å². The van der Waals surface area contributed by atoms with Crippen molar-refractivity contribution in [2.24, 2.45) is 0 Å². The van der Waals surface area contributed by atoms with Crippen LogP contribution in [0.4, 0.5) is 11.4 Å². The first kappa shape index (κ1) is 14.2. The van der Waals surface area contributed by atoms with Crippen LogP contribution in [-0.2, 0) is 4.74 Å². The Bertz CT molecular complexity index is 409. The second-order valence-corrected chi connectivity index (χ2v) is 4.00. The molecule has 0 fully saturated rings. The largest absolute Gasteiger partial charge is 0.496 e. The van der Waals surface area contributed by atoms with E-state index in [2.05, 4.69) is 5.32 Å². The van der Waals surface area contributed by atoms with Crippen molar-refractivity contribution in [1.29, 1.82) is 0 Å². The van der Waals surface area contributed by atoms with Crippen molar-refractivity contribution in [2.75, 3.05) is 26.1 Å². The number of methoxy groups -OCH3 is 2. The first-order chi connectivity index (χ1) is 8.56. The summed E-state index contributed by atoms with van der Waals surface area (Å²) in [5.41, 5.74) is 0.681. The Balaban J connectivity index is 2.81. The minimum Gasteiger partial charge on any atom is -0.496 e. The summed E-state index contributed by atoms with van der Waals surface area (Å²) >= 11 is 0. The molecule has 0 radical (unpaired) electrons. The predicted octanol–water partition coefficient (Wildman–Crippen LogP) is 2.44. The Morgan fingerprint density at radius 2 is 2.11 bits per heavy atom. The number of nitrogens with one attached hydrogen (secondary N) is 1. The van der Waals surface area contributed by atoms with E-state index in [1.807, 2.05) is 6.92 Å². The van der Waals surface area contributed by atoms with Gasteiger partial charge in [0, 0.05) is 37.6 Å². The average molecular weight is 254 g/mol. The maximum Gasteiger partial charge on any atom is 0.275 e. The van der Waals surface area contributed by atoms with Gasteiger partial charge in [-0.3, -0.25) is 10.1 Å². The molecule has 1 N–H and O–H groups in total. The Labute approximate surface area is 106 Å². The molecule has 1 aromatic carbocycles. The molecule has 18 heavy (non-hydrogen) atoms. The van der Waals surface area contributed by atoms with Gasteiger partial charge in [-0.15, -0.1) is 0 Å². The van der Waals surface area contributed by atoms with Crippen molar-refractivity contribution in [1.82, 2.24) is 0 Å². The Morgan fingerprint density at radius 1 is 1.39 bits per heavy atom. The second kappa shape index (κ2) is 6.80. The average Bonchev–Trinajstić information content (AvgIpc) is 2.35. The molecule has 0 aliphatic rings. The van der Waals surface area contributed by atoms with Crippen LogP contribution >= 0.6 is 0 Å². The SMILES string of the molecule is COCCC(C)Nc1cc(OC)cc([N+](=O)[O-])c1. The third kappa shape index (κ3) is 4.21. The summed E-state index contributed by atoms with van der Waals surface area (Å²) in [4.78, 5) is 10.3. The number of rotatable bonds is 7. The quantitative estimate of drug-likeness (QED) is 0.597. The van der Waals surface area contributed by atoms with Crippen LogP contribution in [-0.4, -0.2) is 31.8 Å². The Hall–Kier alpha value is -1.82. The molecule has 1 rings (SSSR count). The lowest BCUT2D eigenvalue weighted by Gasteiger charge is -2.15. The highest BCUT2D eigenvalue weighted by Crippen LogP contribution is 2.26. The summed E-state index contributed by atoms with van der Waals surface area (Å²) in [6.07, 6.45) is 0.821. The van der Waals surface area contributed by atoms with E-state index < -0.39 is 4.92 Å². The van der Waals surface area contributed by atoms with Crippen LogP contribution in [0.5, 0.6) is 5.75 Å². The maximum atomic E-state index is 10.8. The van der Waals surface area contributed by atoms with Gasteiger partial charge in [0.15, 0.2) is 0 Å². The van der Waals surface area contributed by atoms with Gasteiger partial charge in [0.05, 0.1) is 18.1 Å². The Kier molecular flexibility index (Phi) is 5.38. The first-order valence-electron chi connectivity index (χ1n) is 5.65. The number of nitrogens with zero attached hydrogens (tertiary/aromatic N) is 1. The van der Waals surface area contributed by atoms with Crippen molar-refractivity contribution in [3.05, 3.63) is 28.3 Å². The Morgan fingerprint density at radius 3 is 2.67 bits per heavy atom. The molecule has 0 bridgehead atoms. The molecule has 0 aliphatic carbocycles. The van der Waals surface area contributed by atoms with Crippen molar-refractivity contribution < 1.29 is 14.4 Å². The van der Waals surface area contributed by atoms with Crippen LogP contribution in [0.2, 0.25) is 0 Å². The van der Waals surface area contributed by atoms with Gasteiger partial charge < -0.3 is 14.8 Å². The summed E-state index contributed by atoms with van der Waals surface area (Å²) in [5, 5.41) is 14.0. The van der Waals surface area contributed by atoms with Crippen molar-refractivity contribution >= 4 is 11.4 Å². The number of hydrogen-bond acceptors (Lipinski definition) is 5. The molecule has 0 aromatic heterocycles. The molecule has 1 unspecified atom stereocenters. The van der Waals surface area contributed by atoms with Crippen LogP contribution < -0.4 is 10.1 Å². The summed E-state index contributed by atoms with van der Waals surface area (Å²) in [6.45, 7) is 2.63. The number of benzene rings is 1. The lowest BCUT2D eigenvalue weighted by Crippen LogP contribution is -2.17. The molecule has 0 amide bonds. The van der Waals surface area contributed by atoms with Crippen LogP contribution in [0.3, 0.4) is 0 Å². The van der Waals surface area contributed by atoms with Gasteiger partial charge in [-0.05, 0) is 13.3 Å². The molecular weight excluding hydrogens is 236 g/mol. The second-order valence-electron chi connectivity index (χ2n) is 4.00. The highest BCUT2D eigenvalue weighted by Gasteiger charge is 2.11. The van der Waals surface area contributed by atoms with Crippen LogP contribution in [0.15, 0.2) is 18.2 Å². The molecule has 1 aromatic rings.